The van der Waals surface area contributed by atoms with E-state index >= 15 is 0 Å². The normalized spacial score (nSPS) is 11.9. The number of thiophene rings is 1. The van der Waals surface area contributed by atoms with E-state index in [1.54, 1.807) is 18.2 Å². The lowest BCUT2D eigenvalue weighted by Gasteiger charge is -2.06. The summed E-state index contributed by atoms with van der Waals surface area (Å²) in [5.74, 6) is -0.585. The van der Waals surface area contributed by atoms with Gasteiger partial charge in [0.25, 0.3) is 11.6 Å². The van der Waals surface area contributed by atoms with Gasteiger partial charge in [-0.05, 0) is 37.3 Å². The highest BCUT2D eigenvalue weighted by Crippen LogP contribution is 2.29. The van der Waals surface area contributed by atoms with Crippen LogP contribution in [0.15, 0.2) is 47.5 Å². The van der Waals surface area contributed by atoms with Gasteiger partial charge < -0.3 is 14.6 Å². The summed E-state index contributed by atoms with van der Waals surface area (Å²) in [7, 11) is 0. The molecule has 0 radical (unpaired) electrons. The summed E-state index contributed by atoms with van der Waals surface area (Å²) in [6, 6.07) is 11.7. The smallest absolute Gasteiger partial charge is 0.289 e. The summed E-state index contributed by atoms with van der Waals surface area (Å²) < 4.78 is 9.06. The fraction of sp³-hybridized carbons (Fsp3) is 0.227. The summed E-state index contributed by atoms with van der Waals surface area (Å²) >= 11 is 2.59. The van der Waals surface area contributed by atoms with Crippen LogP contribution in [0, 0.1) is 10.1 Å². The van der Waals surface area contributed by atoms with Gasteiger partial charge in [0, 0.05) is 48.0 Å². The number of hydrogen-bond acceptors (Lipinski definition) is 7. The number of carbonyl (C=O) groups is 2. The molecule has 0 unspecified atom stereocenters. The van der Waals surface area contributed by atoms with Crippen molar-refractivity contribution >= 4 is 66.2 Å². The Morgan fingerprint density at radius 3 is 2.70 bits per heavy atom. The van der Waals surface area contributed by atoms with Crippen molar-refractivity contribution in [2.45, 2.75) is 20.4 Å². The molecular weight excluding hydrogens is 464 g/mol. The Hall–Kier alpha value is -3.41. The van der Waals surface area contributed by atoms with Gasteiger partial charge in [-0.15, -0.1) is 11.3 Å². The van der Waals surface area contributed by atoms with Gasteiger partial charge in [-0.1, -0.05) is 11.3 Å². The van der Waals surface area contributed by atoms with Crippen molar-refractivity contribution in [1.29, 1.82) is 0 Å². The monoisotopic (exact) mass is 484 g/mol. The first kappa shape index (κ1) is 22.8. The number of aromatic nitrogens is 1. The zero-order valence-electron chi connectivity index (χ0n) is 17.9. The van der Waals surface area contributed by atoms with Crippen LogP contribution in [-0.2, 0) is 16.1 Å². The lowest BCUT2D eigenvalue weighted by Crippen LogP contribution is -2.19. The van der Waals surface area contributed by atoms with Gasteiger partial charge in [0.15, 0.2) is 4.80 Å². The molecule has 0 saturated heterocycles. The third-order valence-corrected chi connectivity index (χ3v) is 6.93. The van der Waals surface area contributed by atoms with Gasteiger partial charge in [-0.2, -0.15) is 4.99 Å². The van der Waals surface area contributed by atoms with Gasteiger partial charge in [-0.25, -0.2) is 0 Å². The fourth-order valence-corrected chi connectivity index (χ4v) is 5.37. The highest BCUT2D eigenvalue weighted by atomic mass is 32.1. The Balaban J connectivity index is 1.75. The first-order valence-corrected chi connectivity index (χ1v) is 11.7. The second-order valence-corrected chi connectivity index (χ2v) is 9.20. The fourth-order valence-electron chi connectivity index (χ4n) is 3.35. The predicted molar refractivity (Wildman–Crippen MR) is 129 cm³/mol. The maximum atomic E-state index is 13.0. The zero-order valence-corrected chi connectivity index (χ0v) is 19.5. The van der Waals surface area contributed by atoms with Crippen LogP contribution in [0.3, 0.4) is 0 Å². The third-order valence-electron chi connectivity index (χ3n) is 4.79. The Morgan fingerprint density at radius 2 is 1.97 bits per heavy atom. The highest BCUT2D eigenvalue weighted by Gasteiger charge is 2.15. The molecule has 4 rings (SSSR count). The highest BCUT2D eigenvalue weighted by molar-refractivity contribution is 7.21. The molecule has 0 atom stereocenters. The number of thiazole rings is 1. The molecular formula is C22H20N4O5S2. The summed E-state index contributed by atoms with van der Waals surface area (Å²) in [6.07, 6.45) is 0. The Kier molecular flexibility index (Phi) is 6.63. The first-order chi connectivity index (χ1) is 15.9. The molecule has 2 aromatic carbocycles. The third kappa shape index (κ3) is 5.00. The minimum Gasteiger partial charge on any atom is -0.380 e. The molecule has 0 aliphatic heterocycles. The number of non-ortho nitro benzene ring substituents is 1. The lowest BCUT2D eigenvalue weighted by molar-refractivity contribution is -0.384. The van der Waals surface area contributed by atoms with E-state index in [2.05, 4.69) is 10.3 Å². The summed E-state index contributed by atoms with van der Waals surface area (Å²) in [5.41, 5.74) is 1.52. The topological polar surface area (TPSA) is 116 Å². The lowest BCUT2D eigenvalue weighted by atomic mass is 10.2. The largest absolute Gasteiger partial charge is 0.380 e. The number of nitro groups is 1. The van der Waals surface area contributed by atoms with Crippen LogP contribution in [0.25, 0.3) is 20.3 Å². The van der Waals surface area contributed by atoms with Crippen molar-refractivity contribution in [2.75, 3.05) is 18.5 Å². The molecule has 33 heavy (non-hydrogen) atoms. The molecule has 0 aliphatic carbocycles. The van der Waals surface area contributed by atoms with Crippen molar-refractivity contribution in [3.8, 4) is 0 Å². The van der Waals surface area contributed by atoms with Crippen LogP contribution in [0.1, 0.15) is 23.5 Å². The number of nitro benzene ring substituents is 1. The second kappa shape index (κ2) is 9.61. The van der Waals surface area contributed by atoms with E-state index in [-0.39, 0.29) is 11.6 Å². The Bertz CT molecular complexity index is 1450. The van der Waals surface area contributed by atoms with Crippen LogP contribution < -0.4 is 10.1 Å². The summed E-state index contributed by atoms with van der Waals surface area (Å²) in [6.45, 7) is 4.91. The van der Waals surface area contributed by atoms with Crippen molar-refractivity contribution < 1.29 is 19.2 Å². The van der Waals surface area contributed by atoms with Crippen molar-refractivity contribution in [2.24, 2.45) is 4.99 Å². The molecule has 0 fully saturated rings. The zero-order chi connectivity index (χ0) is 23.5. The van der Waals surface area contributed by atoms with E-state index in [9.17, 15) is 19.7 Å². The van der Waals surface area contributed by atoms with Gasteiger partial charge in [0.05, 0.1) is 26.6 Å². The number of anilines is 1. The SMILES string of the molecule is CCOCCn1c(=NC(=O)c2cc3cc([N+](=O)[O-])ccc3s2)sc2cc(NC(C)=O)ccc21. The second-order valence-electron chi connectivity index (χ2n) is 7.10. The first-order valence-electron chi connectivity index (χ1n) is 10.1. The molecule has 2 heterocycles. The van der Waals surface area contributed by atoms with Crippen LogP contribution in [0.2, 0.25) is 0 Å². The van der Waals surface area contributed by atoms with E-state index in [4.69, 9.17) is 4.74 Å². The number of nitrogens with zero attached hydrogens (tertiary/aromatic N) is 3. The Morgan fingerprint density at radius 1 is 1.15 bits per heavy atom. The molecule has 0 aliphatic rings. The molecule has 9 nitrogen and oxygen atoms in total. The molecule has 0 bridgehead atoms. The van der Waals surface area contributed by atoms with Gasteiger partial charge in [-0.3, -0.25) is 19.7 Å². The van der Waals surface area contributed by atoms with E-state index in [0.717, 1.165) is 14.9 Å². The van der Waals surface area contributed by atoms with E-state index in [1.807, 2.05) is 23.6 Å². The molecule has 1 N–H and O–H groups in total. The molecule has 2 aromatic heterocycles. The standard InChI is InChI=1S/C22H20N4O5S2/c1-3-31-9-8-25-17-6-4-15(23-13(2)27)12-19(17)33-22(25)24-21(28)20-11-14-10-16(26(29)30)5-7-18(14)32-20/h4-7,10-12H,3,8-9H2,1-2H3,(H,23,27). The molecule has 170 valence electrons. The van der Waals surface area contributed by atoms with Crippen LogP contribution >= 0.6 is 22.7 Å². The minimum absolute atomic E-state index is 0.0236. The maximum Gasteiger partial charge on any atom is 0.289 e. The number of carbonyl (C=O) groups excluding carboxylic acids is 2. The predicted octanol–water partition coefficient (Wildman–Crippen LogP) is 4.56. The number of amides is 2. The number of ether oxygens (including phenoxy) is 1. The van der Waals surface area contributed by atoms with Crippen molar-refractivity contribution in [1.82, 2.24) is 4.57 Å². The van der Waals surface area contributed by atoms with Crippen LogP contribution in [-0.4, -0.2) is 34.5 Å². The Labute approximate surface area is 196 Å². The number of fused-ring (bicyclic) bond motifs is 2. The van der Waals surface area contributed by atoms with E-state index < -0.39 is 10.8 Å². The van der Waals surface area contributed by atoms with Gasteiger partial charge in [0.1, 0.15) is 0 Å². The number of rotatable bonds is 7. The van der Waals surface area contributed by atoms with Crippen molar-refractivity contribution in [3.63, 3.8) is 0 Å². The van der Waals surface area contributed by atoms with Gasteiger partial charge in [0.2, 0.25) is 5.91 Å². The van der Waals surface area contributed by atoms with Crippen LogP contribution in [0.4, 0.5) is 11.4 Å². The molecule has 2 amide bonds. The summed E-state index contributed by atoms with van der Waals surface area (Å²) in [4.78, 5) is 40.2. The molecule has 0 saturated carbocycles. The number of nitrogens with one attached hydrogen (secondary N) is 1. The van der Waals surface area contributed by atoms with E-state index in [0.29, 0.717) is 40.5 Å². The van der Waals surface area contributed by atoms with Gasteiger partial charge >= 0.3 is 0 Å². The minimum atomic E-state index is -0.462. The quantitative estimate of drug-likeness (QED) is 0.234. The van der Waals surface area contributed by atoms with Crippen LogP contribution in [0.5, 0.6) is 0 Å². The number of hydrogen-bond donors (Lipinski definition) is 1. The van der Waals surface area contributed by atoms with Crippen molar-refractivity contribution in [3.05, 3.63) is 62.3 Å². The average molecular weight is 485 g/mol. The van der Waals surface area contributed by atoms with E-state index in [1.165, 1.54) is 41.7 Å². The summed E-state index contributed by atoms with van der Waals surface area (Å²) in [5, 5.41) is 14.4. The maximum absolute atomic E-state index is 13.0. The number of benzene rings is 2. The average Bonchev–Trinajstić information content (AvgIpc) is 3.34. The molecule has 4 aromatic rings. The molecule has 0 spiro atoms. The molecule has 11 heteroatoms.